The van der Waals surface area contributed by atoms with E-state index in [2.05, 4.69) is 15.2 Å². The lowest BCUT2D eigenvalue weighted by Gasteiger charge is -2.11. The van der Waals surface area contributed by atoms with Crippen molar-refractivity contribution in [3.63, 3.8) is 0 Å². The third-order valence-corrected chi connectivity index (χ3v) is 2.45. The van der Waals surface area contributed by atoms with Gasteiger partial charge >= 0.3 is 5.97 Å². The fraction of sp³-hybridized carbons (Fsp3) is 0.556. The average Bonchev–Trinajstić information content (AvgIpc) is 2.85. The summed E-state index contributed by atoms with van der Waals surface area (Å²) in [5, 5.41) is 7.37. The first kappa shape index (κ1) is 12.0. The van der Waals surface area contributed by atoms with Crippen molar-refractivity contribution >= 4 is 18.4 Å². The normalized spacial score (nSPS) is 19.7. The molecular weight excluding hydrogens is 218 g/mol. The fourth-order valence-electron chi connectivity index (χ4n) is 1.72. The van der Waals surface area contributed by atoms with Crippen LogP contribution in [0.1, 0.15) is 23.0 Å². The summed E-state index contributed by atoms with van der Waals surface area (Å²) < 4.78 is 6.42. The van der Waals surface area contributed by atoms with Gasteiger partial charge in [0.2, 0.25) is 0 Å². The number of esters is 1. The van der Waals surface area contributed by atoms with Crippen LogP contribution < -0.4 is 5.32 Å². The molecule has 2 rings (SSSR count). The van der Waals surface area contributed by atoms with E-state index in [0.717, 1.165) is 19.5 Å². The van der Waals surface area contributed by atoms with Gasteiger partial charge < -0.3 is 10.1 Å². The number of aromatic nitrogens is 2. The molecule has 1 aromatic rings. The lowest BCUT2D eigenvalue weighted by atomic mass is 10.2. The highest BCUT2D eigenvalue weighted by Gasteiger charge is 2.22. The Morgan fingerprint density at radius 3 is 3.13 bits per heavy atom. The molecule has 1 unspecified atom stereocenters. The molecule has 0 bridgehead atoms. The molecule has 0 aliphatic carbocycles. The van der Waals surface area contributed by atoms with Crippen molar-refractivity contribution in [2.75, 3.05) is 20.2 Å². The van der Waals surface area contributed by atoms with Crippen molar-refractivity contribution in [1.82, 2.24) is 15.1 Å². The molecule has 0 aromatic carbocycles. The minimum atomic E-state index is -0.325. The predicted octanol–water partition coefficient (Wildman–Crippen LogP) is 0.626. The number of methoxy groups -OCH3 is 1. The van der Waals surface area contributed by atoms with E-state index < -0.39 is 0 Å². The van der Waals surface area contributed by atoms with Crippen LogP contribution in [0.2, 0.25) is 0 Å². The van der Waals surface area contributed by atoms with E-state index in [0.29, 0.717) is 5.69 Å². The molecule has 0 spiro atoms. The Hall–Kier alpha value is -1.07. The number of hydrogen-bond donors (Lipinski definition) is 1. The van der Waals surface area contributed by atoms with Gasteiger partial charge in [-0.2, -0.15) is 5.10 Å². The molecule has 5 nitrogen and oxygen atoms in total. The van der Waals surface area contributed by atoms with Gasteiger partial charge in [0.05, 0.1) is 13.2 Å². The smallest absolute Gasteiger partial charge is 0.356 e. The Bertz CT molecular complexity index is 334. The lowest BCUT2D eigenvalue weighted by Crippen LogP contribution is -2.19. The summed E-state index contributed by atoms with van der Waals surface area (Å²) in [6.07, 6.45) is 2.64. The van der Waals surface area contributed by atoms with Crippen LogP contribution in [0.3, 0.4) is 0 Å². The third kappa shape index (κ3) is 2.30. The largest absolute Gasteiger partial charge is 0.464 e. The summed E-state index contributed by atoms with van der Waals surface area (Å²) in [7, 11) is 1.38. The molecule has 2 heterocycles. The zero-order chi connectivity index (χ0) is 9.97. The second-order valence-electron chi connectivity index (χ2n) is 3.30. The number of nitrogens with one attached hydrogen (secondary N) is 1. The molecule has 0 saturated carbocycles. The highest BCUT2D eigenvalue weighted by Crippen LogP contribution is 2.16. The number of rotatable bonds is 2. The molecule has 15 heavy (non-hydrogen) atoms. The second kappa shape index (κ2) is 5.14. The van der Waals surface area contributed by atoms with Crippen molar-refractivity contribution in [3.8, 4) is 0 Å². The zero-order valence-corrected chi connectivity index (χ0v) is 9.29. The van der Waals surface area contributed by atoms with Gasteiger partial charge in [-0.05, 0) is 19.0 Å². The SMILES string of the molecule is COC(=O)c1ccnn1C1CCNC1.Cl. The molecule has 6 heteroatoms. The maximum Gasteiger partial charge on any atom is 0.356 e. The minimum absolute atomic E-state index is 0. The van der Waals surface area contributed by atoms with E-state index in [4.69, 9.17) is 0 Å². The summed E-state index contributed by atoms with van der Waals surface area (Å²) in [4.78, 5) is 11.3. The number of halogens is 1. The highest BCUT2D eigenvalue weighted by molar-refractivity contribution is 5.87. The Morgan fingerprint density at radius 2 is 2.53 bits per heavy atom. The zero-order valence-electron chi connectivity index (χ0n) is 8.47. The van der Waals surface area contributed by atoms with Crippen LogP contribution in [-0.2, 0) is 4.74 Å². The first-order valence-corrected chi connectivity index (χ1v) is 4.65. The summed E-state index contributed by atoms with van der Waals surface area (Å²) in [5.74, 6) is -0.325. The van der Waals surface area contributed by atoms with Crippen molar-refractivity contribution in [2.24, 2.45) is 0 Å². The van der Waals surface area contributed by atoms with Crippen LogP contribution >= 0.6 is 12.4 Å². The van der Waals surface area contributed by atoms with E-state index in [9.17, 15) is 4.79 Å². The summed E-state index contributed by atoms with van der Waals surface area (Å²) in [6, 6.07) is 1.96. The Morgan fingerprint density at radius 1 is 1.73 bits per heavy atom. The van der Waals surface area contributed by atoms with Crippen molar-refractivity contribution in [1.29, 1.82) is 0 Å². The van der Waals surface area contributed by atoms with Gasteiger partial charge in [0.1, 0.15) is 5.69 Å². The molecule has 1 aliphatic heterocycles. The average molecular weight is 232 g/mol. The first-order chi connectivity index (χ1) is 6.83. The number of hydrogen-bond acceptors (Lipinski definition) is 4. The van der Waals surface area contributed by atoms with Gasteiger partial charge in [0.15, 0.2) is 0 Å². The van der Waals surface area contributed by atoms with Crippen molar-refractivity contribution in [3.05, 3.63) is 18.0 Å². The highest BCUT2D eigenvalue weighted by atomic mass is 35.5. The molecule has 1 aromatic heterocycles. The molecule has 0 amide bonds. The van der Waals surface area contributed by atoms with E-state index >= 15 is 0 Å². The van der Waals surface area contributed by atoms with E-state index in [1.165, 1.54) is 7.11 Å². The van der Waals surface area contributed by atoms with Crippen LogP contribution in [0, 0.1) is 0 Å². The Kier molecular flexibility index (Phi) is 4.11. The maximum absolute atomic E-state index is 11.3. The topological polar surface area (TPSA) is 56.1 Å². The van der Waals surface area contributed by atoms with E-state index in [1.54, 1.807) is 16.9 Å². The van der Waals surface area contributed by atoms with Crippen molar-refractivity contribution < 1.29 is 9.53 Å². The molecule has 1 saturated heterocycles. The quantitative estimate of drug-likeness (QED) is 0.759. The van der Waals surface area contributed by atoms with Gasteiger partial charge in [0, 0.05) is 12.7 Å². The number of carbonyl (C=O) groups excluding carboxylic acids is 1. The van der Waals surface area contributed by atoms with Gasteiger partial charge in [-0.3, -0.25) is 4.68 Å². The molecule has 0 radical (unpaired) electrons. The van der Waals surface area contributed by atoms with Crippen LogP contribution in [-0.4, -0.2) is 35.9 Å². The molecular formula is C9H14ClN3O2. The van der Waals surface area contributed by atoms with Crippen LogP contribution in [0.15, 0.2) is 12.3 Å². The Labute approximate surface area is 94.2 Å². The minimum Gasteiger partial charge on any atom is -0.464 e. The summed E-state index contributed by atoms with van der Waals surface area (Å²) >= 11 is 0. The van der Waals surface area contributed by atoms with Gasteiger partial charge in [-0.1, -0.05) is 0 Å². The van der Waals surface area contributed by atoms with Gasteiger partial charge in [-0.25, -0.2) is 4.79 Å². The predicted molar refractivity (Wildman–Crippen MR) is 57.3 cm³/mol. The number of carbonyl (C=O) groups is 1. The first-order valence-electron chi connectivity index (χ1n) is 4.65. The van der Waals surface area contributed by atoms with Crippen LogP contribution in [0.4, 0.5) is 0 Å². The molecule has 84 valence electrons. The molecule has 1 atom stereocenters. The molecule has 1 aliphatic rings. The summed E-state index contributed by atoms with van der Waals surface area (Å²) in [6.45, 7) is 1.84. The second-order valence-corrected chi connectivity index (χ2v) is 3.30. The van der Waals surface area contributed by atoms with Crippen LogP contribution in [0.5, 0.6) is 0 Å². The van der Waals surface area contributed by atoms with E-state index in [1.807, 2.05) is 0 Å². The molecule has 1 N–H and O–H groups in total. The Balaban J connectivity index is 0.00000112. The number of ether oxygens (including phenoxy) is 1. The van der Waals surface area contributed by atoms with Gasteiger partial charge in [-0.15, -0.1) is 12.4 Å². The summed E-state index contributed by atoms with van der Waals surface area (Å²) in [5.41, 5.74) is 0.529. The maximum atomic E-state index is 11.3. The van der Waals surface area contributed by atoms with Crippen LogP contribution in [0.25, 0.3) is 0 Å². The van der Waals surface area contributed by atoms with E-state index in [-0.39, 0.29) is 24.4 Å². The lowest BCUT2D eigenvalue weighted by molar-refractivity contribution is 0.0584. The standard InChI is InChI=1S/C9H13N3O2.ClH/c1-14-9(13)8-3-5-11-12(8)7-2-4-10-6-7;/h3,5,7,10H,2,4,6H2,1H3;1H. The van der Waals surface area contributed by atoms with Crippen molar-refractivity contribution in [2.45, 2.75) is 12.5 Å². The van der Waals surface area contributed by atoms with Gasteiger partial charge in [0.25, 0.3) is 0 Å². The fourth-order valence-corrected chi connectivity index (χ4v) is 1.72. The molecule has 1 fully saturated rings. The third-order valence-electron chi connectivity index (χ3n) is 2.45. The number of nitrogens with zero attached hydrogens (tertiary/aromatic N) is 2. The monoisotopic (exact) mass is 231 g/mol.